The number of methoxy groups -OCH3 is 3. The second-order valence-electron chi connectivity index (χ2n) is 5.88. The molecule has 1 amide bonds. The zero-order valence-electron chi connectivity index (χ0n) is 14.6. The molecule has 132 valence electrons. The van der Waals surface area contributed by atoms with Gasteiger partial charge in [0.25, 0.3) is 0 Å². The van der Waals surface area contributed by atoms with E-state index in [4.69, 9.17) is 25.8 Å². The van der Waals surface area contributed by atoms with Gasteiger partial charge in [-0.1, -0.05) is 23.7 Å². The van der Waals surface area contributed by atoms with Crippen LogP contribution in [0, 0.1) is 6.92 Å². The van der Waals surface area contributed by atoms with Crippen LogP contribution < -0.4 is 19.5 Å². The van der Waals surface area contributed by atoms with Crippen molar-refractivity contribution in [3.63, 3.8) is 0 Å². The van der Waals surface area contributed by atoms with Crippen molar-refractivity contribution in [2.24, 2.45) is 0 Å². The maximum Gasteiger partial charge on any atom is 0.225 e. The van der Waals surface area contributed by atoms with E-state index in [9.17, 15) is 4.79 Å². The van der Waals surface area contributed by atoms with E-state index in [1.54, 1.807) is 27.4 Å². The molecule has 0 radical (unpaired) electrons. The molecule has 0 saturated heterocycles. The van der Waals surface area contributed by atoms with Crippen LogP contribution in [0.1, 0.15) is 29.0 Å². The summed E-state index contributed by atoms with van der Waals surface area (Å²) in [7, 11) is 4.68. The third kappa shape index (κ3) is 2.89. The van der Waals surface area contributed by atoms with Crippen molar-refractivity contribution in [1.82, 2.24) is 0 Å². The Kier molecular flexibility index (Phi) is 4.77. The molecule has 1 heterocycles. The lowest BCUT2D eigenvalue weighted by Gasteiger charge is -2.30. The van der Waals surface area contributed by atoms with Crippen LogP contribution in [-0.4, -0.2) is 27.2 Å². The van der Waals surface area contributed by atoms with Crippen LogP contribution in [0.2, 0.25) is 5.02 Å². The number of fused-ring (bicyclic) bond motifs is 1. The first-order valence-corrected chi connectivity index (χ1v) is 8.27. The summed E-state index contributed by atoms with van der Waals surface area (Å²) < 4.78 is 16.5. The highest BCUT2D eigenvalue weighted by molar-refractivity contribution is 6.31. The molecule has 5 nitrogen and oxygen atoms in total. The monoisotopic (exact) mass is 361 g/mol. The van der Waals surface area contributed by atoms with E-state index in [1.165, 1.54) is 0 Å². The Morgan fingerprint density at radius 2 is 1.80 bits per heavy atom. The van der Waals surface area contributed by atoms with Gasteiger partial charge in [0.1, 0.15) is 0 Å². The number of aryl methyl sites for hydroxylation is 1. The number of nitrogens with one attached hydrogen (secondary N) is 1. The molecule has 0 spiro atoms. The van der Waals surface area contributed by atoms with E-state index in [0.717, 1.165) is 16.7 Å². The predicted molar refractivity (Wildman–Crippen MR) is 97.4 cm³/mol. The number of amides is 1. The molecule has 6 heteroatoms. The van der Waals surface area contributed by atoms with Gasteiger partial charge in [-0.25, -0.2) is 0 Å². The van der Waals surface area contributed by atoms with Crippen LogP contribution in [0.4, 0.5) is 5.69 Å². The average molecular weight is 362 g/mol. The maximum atomic E-state index is 12.3. The minimum atomic E-state index is -0.229. The highest BCUT2D eigenvalue weighted by Gasteiger charge is 2.34. The zero-order valence-corrected chi connectivity index (χ0v) is 15.4. The number of anilines is 1. The van der Waals surface area contributed by atoms with Gasteiger partial charge in [-0.05, 0) is 24.1 Å². The summed E-state index contributed by atoms with van der Waals surface area (Å²) in [5.74, 6) is 1.23. The summed E-state index contributed by atoms with van der Waals surface area (Å²) in [6.45, 7) is 1.99. The SMILES string of the molecule is COc1cc2c(c(OC)c1OC)C(c1c(C)cccc1Cl)CC(=O)N2. The van der Waals surface area contributed by atoms with E-state index < -0.39 is 0 Å². The predicted octanol–water partition coefficient (Wildman–Crippen LogP) is 4.15. The molecule has 1 N–H and O–H groups in total. The third-order valence-electron chi connectivity index (χ3n) is 4.50. The van der Waals surface area contributed by atoms with Gasteiger partial charge in [0, 0.05) is 29.0 Å². The fraction of sp³-hybridized carbons (Fsp3) is 0.316. The molecule has 0 aromatic heterocycles. The van der Waals surface area contributed by atoms with Crippen molar-refractivity contribution < 1.29 is 19.0 Å². The first-order chi connectivity index (χ1) is 12.0. The van der Waals surface area contributed by atoms with Crippen molar-refractivity contribution >= 4 is 23.2 Å². The van der Waals surface area contributed by atoms with Crippen LogP contribution in [0.5, 0.6) is 17.2 Å². The van der Waals surface area contributed by atoms with Crippen LogP contribution in [0.3, 0.4) is 0 Å². The Labute approximate surface area is 151 Å². The highest BCUT2D eigenvalue weighted by Crippen LogP contribution is 2.52. The number of rotatable bonds is 4. The van der Waals surface area contributed by atoms with Crippen molar-refractivity contribution in [1.29, 1.82) is 0 Å². The smallest absolute Gasteiger partial charge is 0.225 e. The van der Waals surface area contributed by atoms with Crippen molar-refractivity contribution in [2.45, 2.75) is 19.3 Å². The minimum Gasteiger partial charge on any atom is -0.493 e. The van der Waals surface area contributed by atoms with Gasteiger partial charge in [0.05, 0.1) is 27.0 Å². The number of hydrogen-bond donors (Lipinski definition) is 1. The van der Waals surface area contributed by atoms with Crippen molar-refractivity contribution in [2.75, 3.05) is 26.6 Å². The fourth-order valence-electron chi connectivity index (χ4n) is 3.45. The largest absolute Gasteiger partial charge is 0.493 e. The van der Waals surface area contributed by atoms with E-state index in [2.05, 4.69) is 5.32 Å². The summed E-state index contributed by atoms with van der Waals surface area (Å²) in [4.78, 5) is 12.3. The summed E-state index contributed by atoms with van der Waals surface area (Å²) in [5.41, 5.74) is 3.44. The molecule has 0 bridgehead atoms. The van der Waals surface area contributed by atoms with Gasteiger partial charge in [-0.3, -0.25) is 4.79 Å². The molecule has 1 aliphatic heterocycles. The van der Waals surface area contributed by atoms with E-state index in [-0.39, 0.29) is 18.2 Å². The fourth-order valence-corrected chi connectivity index (χ4v) is 3.80. The Hall–Kier alpha value is -2.40. The van der Waals surface area contributed by atoms with E-state index >= 15 is 0 Å². The number of carbonyl (C=O) groups excluding carboxylic acids is 1. The van der Waals surface area contributed by atoms with Gasteiger partial charge in [-0.2, -0.15) is 0 Å². The standard InChI is InChI=1S/C19H20ClNO4/c1-10-6-5-7-12(20)16(10)11-8-15(22)21-13-9-14(23-2)18(24-3)19(25-4)17(11)13/h5-7,9,11H,8H2,1-4H3,(H,21,22). The Balaban J connectivity index is 2.32. The molecular formula is C19H20ClNO4. The number of benzene rings is 2. The summed E-state index contributed by atoms with van der Waals surface area (Å²) in [5, 5.41) is 3.53. The molecule has 3 rings (SSSR count). The van der Waals surface area contributed by atoms with Crippen LogP contribution >= 0.6 is 11.6 Å². The molecular weight excluding hydrogens is 342 g/mol. The van der Waals surface area contributed by atoms with Crippen molar-refractivity contribution in [3.05, 3.63) is 46.0 Å². The molecule has 25 heavy (non-hydrogen) atoms. The second kappa shape index (κ2) is 6.84. The minimum absolute atomic E-state index is 0.0777. The number of halogens is 1. The lowest BCUT2D eigenvalue weighted by atomic mass is 9.82. The Bertz CT molecular complexity index is 814. The normalized spacial score (nSPS) is 16.0. The quantitative estimate of drug-likeness (QED) is 0.888. The molecule has 2 aromatic rings. The average Bonchev–Trinajstić information content (AvgIpc) is 2.59. The van der Waals surface area contributed by atoms with Crippen LogP contribution in [0.15, 0.2) is 24.3 Å². The summed E-state index contributed by atoms with van der Waals surface area (Å²) in [6, 6.07) is 7.48. The van der Waals surface area contributed by atoms with Crippen LogP contribution in [-0.2, 0) is 4.79 Å². The third-order valence-corrected chi connectivity index (χ3v) is 4.83. The van der Waals surface area contributed by atoms with Gasteiger partial charge in [0.2, 0.25) is 11.7 Å². The Morgan fingerprint density at radius 3 is 2.40 bits per heavy atom. The number of ether oxygens (including phenoxy) is 3. The first kappa shape index (κ1) is 17.4. The number of carbonyl (C=O) groups is 1. The number of hydrogen-bond acceptors (Lipinski definition) is 4. The van der Waals surface area contributed by atoms with Gasteiger partial charge < -0.3 is 19.5 Å². The lowest BCUT2D eigenvalue weighted by Crippen LogP contribution is -2.25. The van der Waals surface area contributed by atoms with Gasteiger partial charge in [-0.15, -0.1) is 0 Å². The molecule has 1 atom stereocenters. The highest BCUT2D eigenvalue weighted by atomic mass is 35.5. The molecule has 1 unspecified atom stereocenters. The molecule has 0 saturated carbocycles. The van der Waals surface area contributed by atoms with Crippen molar-refractivity contribution in [3.8, 4) is 17.2 Å². The second-order valence-corrected chi connectivity index (χ2v) is 6.29. The molecule has 0 fully saturated rings. The van der Waals surface area contributed by atoms with Gasteiger partial charge >= 0.3 is 0 Å². The zero-order chi connectivity index (χ0) is 18.1. The summed E-state index contributed by atoms with van der Waals surface area (Å²) >= 11 is 6.48. The topological polar surface area (TPSA) is 56.8 Å². The van der Waals surface area contributed by atoms with E-state index in [1.807, 2.05) is 25.1 Å². The van der Waals surface area contributed by atoms with Crippen LogP contribution in [0.25, 0.3) is 0 Å². The molecule has 0 aliphatic carbocycles. The summed E-state index contributed by atoms with van der Waals surface area (Å²) in [6.07, 6.45) is 0.281. The lowest BCUT2D eigenvalue weighted by molar-refractivity contribution is -0.116. The Morgan fingerprint density at radius 1 is 1.08 bits per heavy atom. The maximum absolute atomic E-state index is 12.3. The van der Waals surface area contributed by atoms with E-state index in [0.29, 0.717) is 28.0 Å². The molecule has 1 aliphatic rings. The first-order valence-electron chi connectivity index (χ1n) is 7.89. The molecule has 2 aromatic carbocycles. The van der Waals surface area contributed by atoms with Gasteiger partial charge in [0.15, 0.2) is 11.5 Å².